The Morgan fingerprint density at radius 2 is 2.40 bits per heavy atom. The number of nitrogens with one attached hydrogen (secondary N) is 1. The van der Waals surface area contributed by atoms with Crippen molar-refractivity contribution in [3.8, 4) is 0 Å². The van der Waals surface area contributed by atoms with Crippen LogP contribution < -0.4 is 0 Å². The van der Waals surface area contributed by atoms with Gasteiger partial charge < -0.3 is 0 Å². The quantitative estimate of drug-likeness (QED) is 0.645. The molecule has 3 nitrogen and oxygen atoms in total. The lowest BCUT2D eigenvalue weighted by molar-refractivity contribution is 0.846. The van der Waals surface area contributed by atoms with Crippen LogP contribution in [0.1, 0.15) is 28.9 Å². The molecular weight excluding hydrogens is 241 g/mol. The van der Waals surface area contributed by atoms with Crippen LogP contribution in [0, 0.1) is 6.92 Å². The van der Waals surface area contributed by atoms with Gasteiger partial charge in [0.2, 0.25) is 0 Å². The Labute approximate surface area is 73.8 Å². The maximum absolute atomic E-state index is 4.21. The van der Waals surface area contributed by atoms with E-state index in [4.69, 9.17) is 0 Å². The Morgan fingerprint density at radius 1 is 1.70 bits per heavy atom. The van der Waals surface area contributed by atoms with E-state index in [1.54, 1.807) is 0 Å². The highest BCUT2D eigenvalue weighted by molar-refractivity contribution is 14.1. The van der Waals surface area contributed by atoms with Crippen molar-refractivity contribution in [3.63, 3.8) is 0 Å². The number of alkyl halides is 1. The highest BCUT2D eigenvalue weighted by atomic mass is 127. The van der Waals surface area contributed by atoms with Gasteiger partial charge in [0.25, 0.3) is 0 Å². The van der Waals surface area contributed by atoms with Crippen LogP contribution in [0.2, 0.25) is 0 Å². The smallest absolute Gasteiger partial charge is 0.163 e. The average Bonchev–Trinajstić information content (AvgIpc) is 2.34. The normalized spacial score (nSPS) is 13.5. The first kappa shape index (κ1) is 7.97. The van der Waals surface area contributed by atoms with Crippen molar-refractivity contribution < 1.29 is 0 Å². The van der Waals surface area contributed by atoms with E-state index in [1.165, 1.54) is 0 Å². The third kappa shape index (κ3) is 1.68. The van der Waals surface area contributed by atoms with Crippen molar-refractivity contribution in [3.05, 3.63) is 11.6 Å². The van der Waals surface area contributed by atoms with Crippen molar-refractivity contribution >= 4 is 22.6 Å². The summed E-state index contributed by atoms with van der Waals surface area (Å²) in [7, 11) is 0. The predicted octanol–water partition coefficient (Wildman–Crippen LogP) is 2.00. The van der Waals surface area contributed by atoms with Gasteiger partial charge in [-0.25, -0.2) is 4.98 Å². The maximum atomic E-state index is 4.21. The lowest BCUT2D eigenvalue weighted by Gasteiger charge is -1.97. The van der Waals surface area contributed by atoms with E-state index >= 15 is 0 Å². The van der Waals surface area contributed by atoms with Gasteiger partial charge in [-0.05, 0) is 13.3 Å². The summed E-state index contributed by atoms with van der Waals surface area (Å²) in [5.41, 5.74) is 0. The fourth-order valence-electron chi connectivity index (χ4n) is 0.683. The van der Waals surface area contributed by atoms with E-state index in [9.17, 15) is 0 Å². The summed E-state index contributed by atoms with van der Waals surface area (Å²) in [6.45, 7) is 4.04. The second kappa shape index (κ2) is 3.32. The standard InChI is InChI=1S/C6H10IN3/c1-3-5(7)6-8-4(2)9-10-6/h5H,3H2,1-2H3,(H,8,9,10). The number of H-pyrrole nitrogens is 1. The molecule has 10 heavy (non-hydrogen) atoms. The van der Waals surface area contributed by atoms with Crippen molar-refractivity contribution in [2.75, 3.05) is 0 Å². The molecule has 0 aromatic carbocycles. The molecule has 1 unspecified atom stereocenters. The van der Waals surface area contributed by atoms with Gasteiger partial charge >= 0.3 is 0 Å². The largest absolute Gasteiger partial charge is 0.263 e. The van der Waals surface area contributed by atoms with Crippen LogP contribution in [0.3, 0.4) is 0 Å². The van der Waals surface area contributed by atoms with Crippen LogP contribution in [0.25, 0.3) is 0 Å². The van der Waals surface area contributed by atoms with Gasteiger partial charge in [0, 0.05) is 0 Å². The van der Waals surface area contributed by atoms with Crippen molar-refractivity contribution in [1.29, 1.82) is 0 Å². The first-order valence-corrected chi connectivity index (χ1v) is 4.51. The second-order valence-electron chi connectivity index (χ2n) is 2.15. The summed E-state index contributed by atoms with van der Waals surface area (Å²) >= 11 is 2.34. The molecule has 0 fully saturated rings. The molecule has 1 heterocycles. The Bertz CT molecular complexity index is 209. The lowest BCUT2D eigenvalue weighted by atomic mass is 10.3. The molecule has 0 bridgehead atoms. The van der Waals surface area contributed by atoms with Crippen LogP contribution in [0.4, 0.5) is 0 Å². The van der Waals surface area contributed by atoms with Crippen LogP contribution in [0.15, 0.2) is 0 Å². The molecular formula is C6H10IN3. The first-order chi connectivity index (χ1) is 4.74. The molecule has 0 spiro atoms. The Morgan fingerprint density at radius 3 is 2.80 bits per heavy atom. The number of aromatic amines is 1. The summed E-state index contributed by atoms with van der Waals surface area (Å²) in [4.78, 5) is 4.21. The fourth-order valence-corrected chi connectivity index (χ4v) is 0.961. The van der Waals surface area contributed by atoms with Gasteiger partial charge in [-0.2, -0.15) is 5.10 Å². The van der Waals surface area contributed by atoms with Gasteiger partial charge in [-0.15, -0.1) is 0 Å². The first-order valence-electron chi connectivity index (χ1n) is 3.27. The second-order valence-corrected chi connectivity index (χ2v) is 3.66. The lowest BCUT2D eigenvalue weighted by Crippen LogP contribution is -1.89. The average molecular weight is 251 g/mol. The molecule has 4 heteroatoms. The van der Waals surface area contributed by atoms with Crippen molar-refractivity contribution in [2.24, 2.45) is 0 Å². The zero-order chi connectivity index (χ0) is 7.56. The highest BCUT2D eigenvalue weighted by Crippen LogP contribution is 2.22. The summed E-state index contributed by atoms with van der Waals surface area (Å²) < 4.78 is 0.447. The number of hydrogen-bond acceptors (Lipinski definition) is 2. The van der Waals surface area contributed by atoms with Crippen molar-refractivity contribution in [2.45, 2.75) is 24.2 Å². The number of aromatic nitrogens is 3. The van der Waals surface area contributed by atoms with Gasteiger partial charge in [0.15, 0.2) is 5.82 Å². The number of aryl methyl sites for hydroxylation is 1. The Balaban J connectivity index is 2.74. The third-order valence-electron chi connectivity index (χ3n) is 1.25. The van der Waals surface area contributed by atoms with Crippen LogP contribution in [0.5, 0.6) is 0 Å². The maximum Gasteiger partial charge on any atom is 0.163 e. The Kier molecular flexibility index (Phi) is 2.64. The summed E-state index contributed by atoms with van der Waals surface area (Å²) in [5.74, 6) is 1.81. The van der Waals surface area contributed by atoms with Gasteiger partial charge in [0.1, 0.15) is 5.82 Å². The molecule has 1 rings (SSSR count). The minimum absolute atomic E-state index is 0.447. The molecule has 0 amide bonds. The molecule has 0 radical (unpaired) electrons. The van der Waals surface area contributed by atoms with E-state index in [0.29, 0.717) is 3.92 Å². The van der Waals surface area contributed by atoms with Gasteiger partial charge in [-0.1, -0.05) is 29.5 Å². The molecule has 56 valence electrons. The van der Waals surface area contributed by atoms with E-state index in [2.05, 4.69) is 44.7 Å². The van der Waals surface area contributed by atoms with Gasteiger partial charge in [0.05, 0.1) is 3.92 Å². The molecule has 0 saturated carbocycles. The van der Waals surface area contributed by atoms with Crippen LogP contribution in [-0.2, 0) is 0 Å². The topological polar surface area (TPSA) is 41.6 Å². The van der Waals surface area contributed by atoms with Gasteiger partial charge in [-0.3, -0.25) is 5.10 Å². The van der Waals surface area contributed by atoms with Crippen LogP contribution in [-0.4, -0.2) is 15.2 Å². The third-order valence-corrected chi connectivity index (χ3v) is 2.69. The van der Waals surface area contributed by atoms with Crippen LogP contribution >= 0.6 is 22.6 Å². The predicted molar refractivity (Wildman–Crippen MR) is 48.2 cm³/mol. The zero-order valence-corrected chi connectivity index (χ0v) is 8.21. The summed E-state index contributed by atoms with van der Waals surface area (Å²) in [5, 5.41) is 6.86. The van der Waals surface area contributed by atoms with E-state index in [1.807, 2.05) is 6.92 Å². The highest BCUT2D eigenvalue weighted by Gasteiger charge is 2.08. The minimum Gasteiger partial charge on any atom is -0.263 e. The molecule has 0 aliphatic rings. The molecule has 0 saturated heterocycles. The number of hydrogen-bond donors (Lipinski definition) is 1. The zero-order valence-electron chi connectivity index (χ0n) is 6.06. The molecule has 1 aromatic heterocycles. The summed E-state index contributed by atoms with van der Waals surface area (Å²) in [6.07, 6.45) is 1.08. The minimum atomic E-state index is 0.447. The van der Waals surface area contributed by atoms with E-state index in [0.717, 1.165) is 18.1 Å². The number of halogens is 1. The summed E-state index contributed by atoms with van der Waals surface area (Å²) in [6, 6.07) is 0. The van der Waals surface area contributed by atoms with E-state index in [-0.39, 0.29) is 0 Å². The molecule has 1 aromatic rings. The number of rotatable bonds is 2. The monoisotopic (exact) mass is 251 g/mol. The van der Waals surface area contributed by atoms with E-state index < -0.39 is 0 Å². The molecule has 1 N–H and O–H groups in total. The molecule has 0 aliphatic heterocycles. The Hall–Kier alpha value is -0.130. The molecule has 1 atom stereocenters. The van der Waals surface area contributed by atoms with Crippen molar-refractivity contribution in [1.82, 2.24) is 15.2 Å². The molecule has 0 aliphatic carbocycles. The SMILES string of the molecule is CCC(I)c1n[nH]c(C)n1. The number of nitrogens with zero attached hydrogens (tertiary/aromatic N) is 2. The fraction of sp³-hybridized carbons (Fsp3) is 0.667.